The van der Waals surface area contributed by atoms with Gasteiger partial charge in [-0.25, -0.2) is 0 Å². The van der Waals surface area contributed by atoms with Crippen LogP contribution < -0.4 is 5.32 Å². The van der Waals surface area contributed by atoms with Crippen LogP contribution in [0.15, 0.2) is 67.0 Å². The number of aromatic nitrogens is 2. The molecule has 33 heavy (non-hydrogen) atoms. The van der Waals surface area contributed by atoms with Gasteiger partial charge in [-0.1, -0.05) is 44.2 Å². The summed E-state index contributed by atoms with van der Waals surface area (Å²) in [5.74, 6) is 0.588. The lowest BCUT2D eigenvalue weighted by molar-refractivity contribution is -0.130. The van der Waals surface area contributed by atoms with Gasteiger partial charge in [0.1, 0.15) is 0 Å². The van der Waals surface area contributed by atoms with Gasteiger partial charge in [-0.05, 0) is 73.2 Å². The monoisotopic (exact) mass is 442 g/mol. The quantitative estimate of drug-likeness (QED) is 0.551. The van der Waals surface area contributed by atoms with Gasteiger partial charge in [0.05, 0.1) is 11.1 Å². The third-order valence-electron chi connectivity index (χ3n) is 6.45. The molecule has 1 aliphatic rings. The highest BCUT2D eigenvalue weighted by Crippen LogP contribution is 2.38. The van der Waals surface area contributed by atoms with Crippen molar-refractivity contribution in [2.45, 2.75) is 40.2 Å². The van der Waals surface area contributed by atoms with E-state index >= 15 is 0 Å². The van der Waals surface area contributed by atoms with Crippen LogP contribution in [0.3, 0.4) is 0 Å². The summed E-state index contributed by atoms with van der Waals surface area (Å²) in [6.07, 6.45) is 5.20. The summed E-state index contributed by atoms with van der Waals surface area (Å²) in [5.41, 5.74) is 5.15. The van der Waals surface area contributed by atoms with Crippen LogP contribution in [0.25, 0.3) is 11.1 Å². The Balaban J connectivity index is 1.61. The Hall–Kier alpha value is -3.05. The molecule has 172 valence electrons. The highest BCUT2D eigenvalue weighted by Gasteiger charge is 2.44. The van der Waals surface area contributed by atoms with Gasteiger partial charge in [0.25, 0.3) is 0 Å². The van der Waals surface area contributed by atoms with Gasteiger partial charge < -0.3 is 5.32 Å². The Morgan fingerprint density at radius 3 is 2.64 bits per heavy atom. The maximum atomic E-state index is 13.6. The van der Waals surface area contributed by atoms with Gasteiger partial charge >= 0.3 is 0 Å². The molecule has 4 rings (SSSR count). The van der Waals surface area contributed by atoms with E-state index in [9.17, 15) is 4.79 Å². The Kier molecular flexibility index (Phi) is 7.19. The predicted octanol–water partition coefficient (Wildman–Crippen LogP) is 4.66. The van der Waals surface area contributed by atoms with Crippen LogP contribution in [0.2, 0.25) is 0 Å². The Morgan fingerprint density at radius 1 is 1.09 bits per heavy atom. The molecule has 0 unspecified atom stereocenters. The first kappa shape index (κ1) is 23.1. The number of rotatable bonds is 8. The molecule has 1 atom stereocenters. The zero-order valence-electron chi connectivity index (χ0n) is 19.9. The SMILES string of the molecule is Cc1cccc(CN2CC[C@@](Cc3ccccc3-c3ccncc3)(C(=O)NCC(C)C)C2)n1. The fourth-order valence-electron chi connectivity index (χ4n) is 4.76. The number of carbonyl (C=O) groups excluding carboxylic acids is 1. The van der Waals surface area contributed by atoms with Gasteiger partial charge in [0, 0.05) is 37.7 Å². The van der Waals surface area contributed by atoms with Crippen LogP contribution in [0.5, 0.6) is 0 Å². The molecule has 0 spiro atoms. The molecule has 3 aromatic rings. The van der Waals surface area contributed by atoms with Crippen molar-refractivity contribution in [2.75, 3.05) is 19.6 Å². The number of aryl methyl sites for hydroxylation is 1. The van der Waals surface area contributed by atoms with Crippen molar-refractivity contribution in [2.24, 2.45) is 11.3 Å². The molecule has 2 aromatic heterocycles. The van der Waals surface area contributed by atoms with Crippen molar-refractivity contribution in [3.63, 3.8) is 0 Å². The third-order valence-corrected chi connectivity index (χ3v) is 6.45. The first-order valence-corrected chi connectivity index (χ1v) is 11.9. The molecule has 0 bridgehead atoms. The summed E-state index contributed by atoms with van der Waals surface area (Å²) in [7, 11) is 0. The van der Waals surface area contributed by atoms with E-state index in [0.717, 1.165) is 43.0 Å². The van der Waals surface area contributed by atoms with Crippen molar-refractivity contribution >= 4 is 5.91 Å². The maximum Gasteiger partial charge on any atom is 0.227 e. The number of carbonyl (C=O) groups is 1. The first-order valence-electron chi connectivity index (χ1n) is 11.9. The fourth-order valence-corrected chi connectivity index (χ4v) is 4.76. The average molecular weight is 443 g/mol. The van der Waals surface area contributed by atoms with Crippen molar-refractivity contribution < 1.29 is 4.79 Å². The summed E-state index contributed by atoms with van der Waals surface area (Å²) in [6.45, 7) is 9.39. The maximum absolute atomic E-state index is 13.6. The number of likely N-dealkylation sites (tertiary alicyclic amines) is 1. The van der Waals surface area contributed by atoms with Crippen LogP contribution >= 0.6 is 0 Å². The molecule has 1 saturated heterocycles. The van der Waals surface area contributed by atoms with Crippen molar-refractivity contribution in [3.05, 3.63) is 83.9 Å². The van der Waals surface area contributed by atoms with Crippen molar-refractivity contribution in [3.8, 4) is 11.1 Å². The molecule has 1 aromatic carbocycles. The molecular weight excluding hydrogens is 408 g/mol. The number of pyridine rings is 2. The predicted molar refractivity (Wildman–Crippen MR) is 133 cm³/mol. The standard InChI is InChI=1S/C28H34N4O/c1-21(2)18-30-27(33)28(13-16-32(20-28)19-25-9-6-7-22(3)31-25)17-24-8-4-5-10-26(24)23-11-14-29-15-12-23/h4-12,14-15,21H,13,16-20H2,1-3H3,(H,30,33)/t28-/m0/s1. The van der Waals surface area contributed by atoms with Gasteiger partial charge in [0.15, 0.2) is 0 Å². The zero-order valence-corrected chi connectivity index (χ0v) is 19.9. The van der Waals surface area contributed by atoms with E-state index < -0.39 is 5.41 Å². The smallest absolute Gasteiger partial charge is 0.227 e. The second-order valence-corrected chi connectivity index (χ2v) is 9.68. The van der Waals surface area contributed by atoms with E-state index in [-0.39, 0.29) is 5.91 Å². The lowest BCUT2D eigenvalue weighted by Gasteiger charge is -2.30. The normalized spacial score (nSPS) is 18.5. The van der Waals surface area contributed by atoms with Crippen LogP contribution in [0.4, 0.5) is 0 Å². The number of hydrogen-bond acceptors (Lipinski definition) is 4. The summed E-state index contributed by atoms with van der Waals surface area (Å²) in [6, 6.07) is 18.7. The third kappa shape index (κ3) is 5.66. The molecule has 1 N–H and O–H groups in total. The molecular formula is C28H34N4O. The minimum absolute atomic E-state index is 0.167. The molecule has 1 fully saturated rings. The van der Waals surface area contributed by atoms with Gasteiger partial charge in [-0.15, -0.1) is 0 Å². The molecule has 5 heteroatoms. The van der Waals surface area contributed by atoms with Crippen LogP contribution in [-0.2, 0) is 17.8 Å². The Bertz CT molecular complexity index is 1080. The highest BCUT2D eigenvalue weighted by atomic mass is 16.2. The van der Waals surface area contributed by atoms with Gasteiger partial charge in [-0.3, -0.25) is 19.7 Å². The summed E-state index contributed by atoms with van der Waals surface area (Å²) >= 11 is 0. The van der Waals surface area contributed by atoms with E-state index in [1.165, 1.54) is 11.1 Å². The number of amides is 1. The van der Waals surface area contributed by atoms with E-state index in [1.807, 2.05) is 37.5 Å². The van der Waals surface area contributed by atoms with E-state index in [1.54, 1.807) is 0 Å². The van der Waals surface area contributed by atoms with E-state index in [4.69, 9.17) is 0 Å². The molecule has 0 aliphatic carbocycles. The number of hydrogen-bond donors (Lipinski definition) is 1. The Labute approximate surface area is 197 Å². The second kappa shape index (κ2) is 10.3. The van der Waals surface area contributed by atoms with E-state index in [2.05, 4.69) is 70.4 Å². The molecule has 1 aliphatic heterocycles. The van der Waals surface area contributed by atoms with Gasteiger partial charge in [-0.2, -0.15) is 0 Å². The van der Waals surface area contributed by atoms with Gasteiger partial charge in [0.2, 0.25) is 5.91 Å². The number of nitrogens with zero attached hydrogens (tertiary/aromatic N) is 3. The molecule has 5 nitrogen and oxygen atoms in total. The minimum Gasteiger partial charge on any atom is -0.355 e. The summed E-state index contributed by atoms with van der Waals surface area (Å²) < 4.78 is 0. The zero-order chi connectivity index (χ0) is 23.3. The topological polar surface area (TPSA) is 58.1 Å². The van der Waals surface area contributed by atoms with E-state index in [0.29, 0.717) is 18.9 Å². The molecule has 0 saturated carbocycles. The van der Waals surface area contributed by atoms with Crippen molar-refractivity contribution in [1.82, 2.24) is 20.2 Å². The molecule has 1 amide bonds. The molecule has 0 radical (unpaired) electrons. The fraction of sp³-hybridized carbons (Fsp3) is 0.393. The van der Waals surface area contributed by atoms with Crippen LogP contribution in [0.1, 0.15) is 37.2 Å². The van der Waals surface area contributed by atoms with Crippen molar-refractivity contribution in [1.29, 1.82) is 0 Å². The second-order valence-electron chi connectivity index (χ2n) is 9.68. The van der Waals surface area contributed by atoms with Crippen LogP contribution in [-0.4, -0.2) is 40.4 Å². The highest BCUT2D eigenvalue weighted by molar-refractivity contribution is 5.84. The average Bonchev–Trinajstić information content (AvgIpc) is 3.22. The lowest BCUT2D eigenvalue weighted by Crippen LogP contribution is -2.45. The first-order chi connectivity index (χ1) is 15.9. The number of benzene rings is 1. The summed E-state index contributed by atoms with van der Waals surface area (Å²) in [5, 5.41) is 3.25. The van der Waals surface area contributed by atoms with Crippen LogP contribution in [0, 0.1) is 18.3 Å². The lowest BCUT2D eigenvalue weighted by atomic mass is 9.78. The summed E-state index contributed by atoms with van der Waals surface area (Å²) in [4.78, 5) is 24.8. The molecule has 3 heterocycles. The largest absolute Gasteiger partial charge is 0.355 e. The Morgan fingerprint density at radius 2 is 1.88 bits per heavy atom. The minimum atomic E-state index is -0.456. The number of nitrogens with one attached hydrogen (secondary N) is 1.